The van der Waals surface area contributed by atoms with Gasteiger partial charge in [-0.3, -0.25) is 9.36 Å². The number of halogens is 1. The normalized spacial score (nSPS) is 28.6. The van der Waals surface area contributed by atoms with E-state index < -0.39 is 36.9 Å². The Bertz CT molecular complexity index is 578. The van der Waals surface area contributed by atoms with Crippen molar-refractivity contribution in [3.05, 3.63) is 22.7 Å². The van der Waals surface area contributed by atoms with Gasteiger partial charge in [0, 0.05) is 20.2 Å². The van der Waals surface area contributed by atoms with E-state index in [0.717, 1.165) is 4.57 Å². The molecule has 116 valence electrons. The minimum atomic E-state index is -1.63. The van der Waals surface area contributed by atoms with Gasteiger partial charge in [0.1, 0.15) is 18.0 Å². The number of nitrogens with one attached hydrogen (secondary N) is 1. The van der Waals surface area contributed by atoms with Gasteiger partial charge in [0.15, 0.2) is 12.4 Å². The van der Waals surface area contributed by atoms with E-state index in [0.29, 0.717) is 0 Å². The van der Waals surface area contributed by atoms with E-state index in [2.05, 4.69) is 10.3 Å². The maximum absolute atomic E-state index is 14.2. The highest BCUT2D eigenvalue weighted by Gasteiger charge is 2.46. The predicted molar refractivity (Wildman–Crippen MR) is 69.5 cm³/mol. The first-order chi connectivity index (χ1) is 9.97. The van der Waals surface area contributed by atoms with Crippen LogP contribution in [0.15, 0.2) is 17.1 Å². The molecule has 9 heteroatoms. The summed E-state index contributed by atoms with van der Waals surface area (Å²) in [5.74, 6) is -0.306. The molecule has 0 spiro atoms. The summed E-state index contributed by atoms with van der Waals surface area (Å²) in [6.07, 6.45) is -3.43. The molecule has 21 heavy (non-hydrogen) atoms. The van der Waals surface area contributed by atoms with Gasteiger partial charge in [-0.1, -0.05) is 0 Å². The summed E-state index contributed by atoms with van der Waals surface area (Å²) in [6.45, 7) is 0.849. The fraction of sp³-hybridized carbons (Fsp3) is 0.583. The average Bonchev–Trinajstić information content (AvgIpc) is 2.74. The Morgan fingerprint density at radius 2 is 2.38 bits per heavy atom. The second-order valence-electron chi connectivity index (χ2n) is 4.58. The number of carbonyl (C=O) groups is 1. The average molecular weight is 301 g/mol. The third kappa shape index (κ3) is 3.09. The molecule has 0 unspecified atom stereocenters. The summed E-state index contributed by atoms with van der Waals surface area (Å²) in [5, 5.41) is 11.5. The fourth-order valence-corrected chi connectivity index (χ4v) is 2.20. The zero-order valence-electron chi connectivity index (χ0n) is 11.5. The summed E-state index contributed by atoms with van der Waals surface area (Å²) < 4.78 is 25.4. The number of methoxy groups -OCH3 is 1. The summed E-state index contributed by atoms with van der Waals surface area (Å²) in [5.41, 5.74) is -0.776. The lowest BCUT2D eigenvalue weighted by atomic mass is 10.1. The highest BCUT2D eigenvalue weighted by molar-refractivity contribution is 5.87. The number of ether oxygens (including phenoxy) is 2. The van der Waals surface area contributed by atoms with Crippen LogP contribution in [0.5, 0.6) is 0 Å². The third-order valence-corrected chi connectivity index (χ3v) is 3.13. The Balaban J connectivity index is 2.26. The molecule has 1 aromatic rings. The van der Waals surface area contributed by atoms with E-state index >= 15 is 0 Å². The number of aliphatic hydroxyl groups is 1. The first-order valence-electron chi connectivity index (χ1n) is 6.28. The number of alkyl halides is 1. The van der Waals surface area contributed by atoms with Gasteiger partial charge in [-0.25, -0.2) is 9.18 Å². The number of amides is 1. The third-order valence-electron chi connectivity index (χ3n) is 3.13. The zero-order chi connectivity index (χ0) is 15.6. The van der Waals surface area contributed by atoms with Crippen LogP contribution in [0.1, 0.15) is 13.2 Å². The Kier molecular flexibility index (Phi) is 4.66. The van der Waals surface area contributed by atoms with E-state index in [1.807, 2.05) is 0 Å². The van der Waals surface area contributed by atoms with Crippen LogP contribution in [0.3, 0.4) is 0 Å². The number of rotatable bonds is 4. The molecule has 4 atom stereocenters. The van der Waals surface area contributed by atoms with Gasteiger partial charge in [-0.2, -0.15) is 4.98 Å². The Morgan fingerprint density at radius 1 is 1.67 bits per heavy atom. The molecule has 0 saturated carbocycles. The van der Waals surface area contributed by atoms with Crippen LogP contribution >= 0.6 is 0 Å². The fourth-order valence-electron chi connectivity index (χ4n) is 2.20. The molecule has 1 aliphatic rings. The maximum atomic E-state index is 14.2. The number of hydrogen-bond donors (Lipinski definition) is 2. The summed E-state index contributed by atoms with van der Waals surface area (Å²) in [4.78, 5) is 26.4. The number of nitrogens with zero attached hydrogens (tertiary/aromatic N) is 2. The van der Waals surface area contributed by atoms with E-state index in [4.69, 9.17) is 14.6 Å². The molecule has 1 aliphatic heterocycles. The molecule has 2 N–H and O–H groups in total. The van der Waals surface area contributed by atoms with E-state index in [1.165, 1.54) is 26.3 Å². The first kappa shape index (κ1) is 15.5. The number of carbonyl (C=O) groups excluding carboxylic acids is 1. The van der Waals surface area contributed by atoms with Crippen molar-refractivity contribution in [3.8, 4) is 0 Å². The van der Waals surface area contributed by atoms with Crippen molar-refractivity contribution in [2.24, 2.45) is 0 Å². The molecule has 0 bridgehead atoms. The smallest absolute Gasteiger partial charge is 0.351 e. The topological polar surface area (TPSA) is 103 Å². The molecule has 1 saturated heterocycles. The molecule has 1 aromatic heterocycles. The summed E-state index contributed by atoms with van der Waals surface area (Å²) in [6, 6.07) is 1.35. The monoisotopic (exact) mass is 301 g/mol. The largest absolute Gasteiger partial charge is 0.394 e. The van der Waals surface area contributed by atoms with Gasteiger partial charge in [-0.15, -0.1) is 0 Å². The van der Waals surface area contributed by atoms with Crippen molar-refractivity contribution in [1.82, 2.24) is 9.55 Å². The van der Waals surface area contributed by atoms with E-state index in [1.54, 1.807) is 0 Å². The molecule has 0 aliphatic carbocycles. The molecule has 8 nitrogen and oxygen atoms in total. The number of anilines is 1. The molecular formula is C12H16FN3O5. The van der Waals surface area contributed by atoms with Crippen molar-refractivity contribution in [2.75, 3.05) is 19.0 Å². The van der Waals surface area contributed by atoms with Gasteiger partial charge in [0.25, 0.3) is 0 Å². The lowest BCUT2D eigenvalue weighted by molar-refractivity contribution is -0.114. The maximum Gasteiger partial charge on any atom is 0.351 e. The predicted octanol–water partition coefficient (Wildman–Crippen LogP) is -0.556. The van der Waals surface area contributed by atoms with Crippen LogP contribution in [0, 0.1) is 0 Å². The summed E-state index contributed by atoms with van der Waals surface area (Å²) >= 11 is 0. The van der Waals surface area contributed by atoms with E-state index in [9.17, 15) is 14.0 Å². The van der Waals surface area contributed by atoms with Crippen LogP contribution in [0.25, 0.3) is 0 Å². The lowest BCUT2D eigenvalue weighted by Crippen LogP contribution is -2.34. The molecular weight excluding hydrogens is 285 g/mol. The second kappa shape index (κ2) is 6.29. The van der Waals surface area contributed by atoms with Crippen LogP contribution in [0.2, 0.25) is 0 Å². The standard InChI is InChI=1S/C12H16FN3O5/c1-6(18)14-8-3-4-16(12(19)15-8)11-9(13)10(20-2)7(5-17)21-11/h3-4,7,9-11,17H,5H2,1-2H3,(H,14,15,18,19)/t7-,9-,10-,11-/m1/s1. The van der Waals surface area contributed by atoms with Crippen LogP contribution in [-0.4, -0.2) is 52.7 Å². The van der Waals surface area contributed by atoms with Gasteiger partial charge in [0.2, 0.25) is 5.91 Å². The van der Waals surface area contributed by atoms with Gasteiger partial charge >= 0.3 is 5.69 Å². The van der Waals surface area contributed by atoms with Crippen LogP contribution < -0.4 is 11.0 Å². The molecule has 1 amide bonds. The van der Waals surface area contributed by atoms with Gasteiger partial charge in [-0.05, 0) is 6.07 Å². The Labute approximate surface area is 119 Å². The molecule has 0 aromatic carbocycles. The first-order valence-corrected chi connectivity index (χ1v) is 6.28. The van der Waals surface area contributed by atoms with Crippen molar-refractivity contribution < 1.29 is 23.8 Å². The zero-order valence-corrected chi connectivity index (χ0v) is 11.5. The van der Waals surface area contributed by atoms with E-state index in [-0.39, 0.29) is 11.7 Å². The van der Waals surface area contributed by atoms with Crippen molar-refractivity contribution >= 4 is 11.7 Å². The molecule has 2 rings (SSSR count). The Morgan fingerprint density at radius 3 is 2.86 bits per heavy atom. The Hall–Kier alpha value is -1.84. The van der Waals surface area contributed by atoms with Crippen molar-refractivity contribution in [3.63, 3.8) is 0 Å². The number of aliphatic hydroxyl groups excluding tert-OH is 1. The van der Waals surface area contributed by atoms with Crippen molar-refractivity contribution in [2.45, 2.75) is 31.5 Å². The number of hydrogen-bond acceptors (Lipinski definition) is 6. The minimum Gasteiger partial charge on any atom is -0.394 e. The highest BCUT2D eigenvalue weighted by atomic mass is 19.1. The highest BCUT2D eigenvalue weighted by Crippen LogP contribution is 2.32. The quantitative estimate of drug-likeness (QED) is 0.773. The molecule has 0 radical (unpaired) electrons. The van der Waals surface area contributed by atoms with Gasteiger partial charge < -0.3 is 19.9 Å². The number of aromatic nitrogens is 2. The second-order valence-corrected chi connectivity index (χ2v) is 4.58. The van der Waals surface area contributed by atoms with Crippen molar-refractivity contribution in [1.29, 1.82) is 0 Å². The van der Waals surface area contributed by atoms with Crippen LogP contribution in [0.4, 0.5) is 10.2 Å². The van der Waals surface area contributed by atoms with Crippen LogP contribution in [-0.2, 0) is 14.3 Å². The van der Waals surface area contributed by atoms with Gasteiger partial charge in [0.05, 0.1) is 6.61 Å². The summed E-state index contributed by atoms with van der Waals surface area (Å²) in [7, 11) is 1.30. The minimum absolute atomic E-state index is 0.0687. The molecule has 2 heterocycles. The lowest BCUT2D eigenvalue weighted by Gasteiger charge is -2.16. The molecule has 1 fully saturated rings. The SMILES string of the molecule is CO[C@H]1[C@@H](F)[C@H](n2ccc(NC(C)=O)nc2=O)O[C@@H]1CO.